The Kier molecular flexibility index (Phi) is 8.99. The zero-order valence-electron chi connectivity index (χ0n) is 13.1. The van der Waals surface area contributed by atoms with Crippen LogP contribution in [0, 0.1) is 17.2 Å². The van der Waals surface area contributed by atoms with Gasteiger partial charge in [-0.1, -0.05) is 6.92 Å². The van der Waals surface area contributed by atoms with Crippen LogP contribution in [0.5, 0.6) is 0 Å². The fourth-order valence-electron chi connectivity index (χ4n) is 2.46. The van der Waals surface area contributed by atoms with Crippen molar-refractivity contribution >= 4 is 5.91 Å². The summed E-state index contributed by atoms with van der Waals surface area (Å²) in [7, 11) is 0. The summed E-state index contributed by atoms with van der Waals surface area (Å²) >= 11 is 0. The number of hydrogen-bond donors (Lipinski definition) is 1. The van der Waals surface area contributed by atoms with Crippen LogP contribution in [0.3, 0.4) is 0 Å². The predicted octanol–water partition coefficient (Wildman–Crippen LogP) is 0.436. The number of amides is 1. The molecule has 0 aromatic carbocycles. The first-order valence-corrected chi connectivity index (χ1v) is 7.85. The molecule has 0 spiro atoms. The number of nitriles is 1. The van der Waals surface area contributed by atoms with E-state index in [9.17, 15) is 4.79 Å². The van der Waals surface area contributed by atoms with Crippen molar-refractivity contribution in [1.29, 1.82) is 5.26 Å². The standard InChI is InChI=1S/C15H28N4O2/c1-14(4-2-5-16)15(20)19(7-3-6-17)9-8-18-10-12-21-13-11-18/h14H,2-5,7-13,16H2,1H3. The monoisotopic (exact) mass is 296 g/mol. The third-order valence-electron chi connectivity index (χ3n) is 3.86. The second-order valence-corrected chi connectivity index (χ2v) is 5.52. The van der Waals surface area contributed by atoms with E-state index in [-0.39, 0.29) is 11.8 Å². The number of hydrogen-bond acceptors (Lipinski definition) is 5. The van der Waals surface area contributed by atoms with Crippen LogP contribution in [-0.4, -0.2) is 68.2 Å². The summed E-state index contributed by atoms with van der Waals surface area (Å²) < 4.78 is 5.32. The number of morpholine rings is 1. The van der Waals surface area contributed by atoms with E-state index in [1.165, 1.54) is 0 Å². The number of nitrogens with zero attached hydrogens (tertiary/aromatic N) is 3. The number of nitrogens with two attached hydrogens (primary N) is 1. The zero-order valence-corrected chi connectivity index (χ0v) is 13.1. The van der Waals surface area contributed by atoms with Crippen molar-refractivity contribution in [3.63, 3.8) is 0 Å². The van der Waals surface area contributed by atoms with E-state index in [1.807, 2.05) is 11.8 Å². The molecular weight excluding hydrogens is 268 g/mol. The molecule has 120 valence electrons. The summed E-state index contributed by atoms with van der Waals surface area (Å²) in [6, 6.07) is 2.13. The largest absolute Gasteiger partial charge is 0.379 e. The topological polar surface area (TPSA) is 82.6 Å². The third kappa shape index (κ3) is 6.89. The fraction of sp³-hybridized carbons (Fsp3) is 0.867. The number of carbonyl (C=O) groups excluding carboxylic acids is 1. The van der Waals surface area contributed by atoms with Gasteiger partial charge in [-0.2, -0.15) is 5.26 Å². The van der Waals surface area contributed by atoms with Crippen LogP contribution in [0.2, 0.25) is 0 Å². The molecule has 6 heteroatoms. The Balaban J connectivity index is 2.45. The number of rotatable bonds is 9. The summed E-state index contributed by atoms with van der Waals surface area (Å²) in [6.07, 6.45) is 2.07. The molecule has 0 aliphatic carbocycles. The van der Waals surface area contributed by atoms with Gasteiger partial charge in [-0.05, 0) is 19.4 Å². The van der Waals surface area contributed by atoms with Crippen LogP contribution in [-0.2, 0) is 9.53 Å². The summed E-state index contributed by atoms with van der Waals surface area (Å²) in [6.45, 7) is 7.99. The van der Waals surface area contributed by atoms with Crippen molar-refractivity contribution in [3.05, 3.63) is 0 Å². The van der Waals surface area contributed by atoms with Gasteiger partial charge in [0.15, 0.2) is 0 Å². The summed E-state index contributed by atoms with van der Waals surface area (Å²) in [5.74, 6) is 0.129. The van der Waals surface area contributed by atoms with Crippen LogP contribution in [0.15, 0.2) is 0 Å². The molecule has 6 nitrogen and oxygen atoms in total. The first-order valence-electron chi connectivity index (χ1n) is 7.85. The Morgan fingerprint density at radius 3 is 2.76 bits per heavy atom. The van der Waals surface area contributed by atoms with E-state index in [4.69, 9.17) is 15.7 Å². The van der Waals surface area contributed by atoms with Gasteiger partial charge in [0.25, 0.3) is 0 Å². The van der Waals surface area contributed by atoms with Gasteiger partial charge in [0.1, 0.15) is 0 Å². The molecule has 1 atom stereocenters. The molecule has 2 N–H and O–H groups in total. The number of ether oxygens (including phenoxy) is 1. The van der Waals surface area contributed by atoms with Gasteiger partial charge in [0, 0.05) is 38.6 Å². The average Bonchev–Trinajstić information content (AvgIpc) is 2.53. The average molecular weight is 296 g/mol. The maximum atomic E-state index is 12.5. The maximum Gasteiger partial charge on any atom is 0.225 e. The lowest BCUT2D eigenvalue weighted by Crippen LogP contribution is -2.44. The quantitative estimate of drug-likeness (QED) is 0.667. The Bertz CT molecular complexity index is 337. The van der Waals surface area contributed by atoms with Crippen molar-refractivity contribution in [2.24, 2.45) is 11.7 Å². The molecule has 1 heterocycles. The summed E-state index contributed by atoms with van der Waals surface area (Å²) in [5.41, 5.74) is 5.50. The molecule has 0 radical (unpaired) electrons. The van der Waals surface area contributed by atoms with Gasteiger partial charge >= 0.3 is 0 Å². The molecule has 1 saturated heterocycles. The molecule has 1 aliphatic heterocycles. The summed E-state index contributed by atoms with van der Waals surface area (Å²) in [5, 5.41) is 8.76. The highest BCUT2D eigenvalue weighted by Gasteiger charge is 2.21. The van der Waals surface area contributed by atoms with E-state index in [2.05, 4.69) is 11.0 Å². The highest BCUT2D eigenvalue weighted by molar-refractivity contribution is 5.78. The fourth-order valence-corrected chi connectivity index (χ4v) is 2.46. The zero-order chi connectivity index (χ0) is 15.5. The molecule has 1 unspecified atom stereocenters. The van der Waals surface area contributed by atoms with Crippen molar-refractivity contribution in [2.75, 3.05) is 52.5 Å². The lowest BCUT2D eigenvalue weighted by molar-refractivity contribution is -0.135. The first kappa shape index (κ1) is 17.9. The molecule has 0 saturated carbocycles. The summed E-state index contributed by atoms with van der Waals surface area (Å²) in [4.78, 5) is 16.6. The second kappa shape index (κ2) is 10.6. The molecule has 0 aromatic heterocycles. The van der Waals surface area contributed by atoms with E-state index in [0.717, 1.165) is 45.7 Å². The van der Waals surface area contributed by atoms with E-state index in [1.54, 1.807) is 0 Å². The van der Waals surface area contributed by atoms with Crippen LogP contribution >= 0.6 is 0 Å². The van der Waals surface area contributed by atoms with Gasteiger partial charge in [-0.25, -0.2) is 0 Å². The van der Waals surface area contributed by atoms with E-state index < -0.39 is 0 Å². The van der Waals surface area contributed by atoms with Gasteiger partial charge in [-0.15, -0.1) is 0 Å². The van der Waals surface area contributed by atoms with Gasteiger partial charge in [0.2, 0.25) is 5.91 Å². The predicted molar refractivity (Wildman–Crippen MR) is 81.5 cm³/mol. The third-order valence-corrected chi connectivity index (χ3v) is 3.86. The Labute approximate surface area is 127 Å². The lowest BCUT2D eigenvalue weighted by atomic mass is 10.0. The van der Waals surface area contributed by atoms with Crippen LogP contribution in [0.4, 0.5) is 0 Å². The molecule has 1 rings (SSSR count). The van der Waals surface area contributed by atoms with Crippen LogP contribution in [0.25, 0.3) is 0 Å². The minimum absolute atomic E-state index is 0.0167. The SMILES string of the molecule is CC(CCCN)C(=O)N(CCC#N)CCN1CCOCC1. The highest BCUT2D eigenvalue weighted by Crippen LogP contribution is 2.10. The molecule has 1 amide bonds. The molecule has 21 heavy (non-hydrogen) atoms. The highest BCUT2D eigenvalue weighted by atomic mass is 16.5. The maximum absolute atomic E-state index is 12.5. The number of carbonyl (C=O) groups is 1. The molecule has 0 aromatic rings. The van der Waals surface area contributed by atoms with Crippen LogP contribution < -0.4 is 5.73 Å². The smallest absolute Gasteiger partial charge is 0.225 e. The van der Waals surface area contributed by atoms with Crippen molar-refractivity contribution < 1.29 is 9.53 Å². The molecule has 1 aliphatic rings. The van der Waals surface area contributed by atoms with E-state index >= 15 is 0 Å². The van der Waals surface area contributed by atoms with Crippen molar-refractivity contribution in [2.45, 2.75) is 26.2 Å². The Morgan fingerprint density at radius 2 is 2.14 bits per heavy atom. The molecular formula is C15H28N4O2. The van der Waals surface area contributed by atoms with E-state index in [0.29, 0.717) is 26.1 Å². The van der Waals surface area contributed by atoms with Gasteiger partial charge in [0.05, 0.1) is 25.7 Å². The van der Waals surface area contributed by atoms with Gasteiger partial charge in [-0.3, -0.25) is 9.69 Å². The van der Waals surface area contributed by atoms with Crippen LogP contribution in [0.1, 0.15) is 26.2 Å². The van der Waals surface area contributed by atoms with Gasteiger partial charge < -0.3 is 15.4 Å². The lowest BCUT2D eigenvalue weighted by Gasteiger charge is -2.31. The van der Waals surface area contributed by atoms with Crippen molar-refractivity contribution in [1.82, 2.24) is 9.80 Å². The normalized spacial score (nSPS) is 17.2. The molecule has 0 bridgehead atoms. The minimum atomic E-state index is -0.0167. The first-order chi connectivity index (χ1) is 10.2. The van der Waals surface area contributed by atoms with Crippen molar-refractivity contribution in [3.8, 4) is 6.07 Å². The Morgan fingerprint density at radius 1 is 1.43 bits per heavy atom. The molecule has 1 fully saturated rings. The Hall–Kier alpha value is -1.16. The minimum Gasteiger partial charge on any atom is -0.379 e. The second-order valence-electron chi connectivity index (χ2n) is 5.52.